The maximum absolute atomic E-state index is 6.33. The number of nitrogens with two attached hydrogens (primary N) is 1. The van der Waals surface area contributed by atoms with Crippen LogP contribution in [0.2, 0.25) is 0 Å². The molecule has 1 aliphatic heterocycles. The molecule has 3 atom stereocenters. The van der Waals surface area contributed by atoms with Gasteiger partial charge in [-0.2, -0.15) is 0 Å². The molecule has 2 N–H and O–H groups in total. The van der Waals surface area contributed by atoms with Gasteiger partial charge in [0.05, 0.1) is 0 Å². The van der Waals surface area contributed by atoms with Crippen molar-refractivity contribution in [2.75, 3.05) is 26.7 Å². The predicted molar refractivity (Wildman–Crippen MR) is 68.5 cm³/mol. The van der Waals surface area contributed by atoms with E-state index in [-0.39, 0.29) is 0 Å². The van der Waals surface area contributed by atoms with Crippen molar-refractivity contribution < 1.29 is 0 Å². The Hall–Kier alpha value is -0.120. The predicted octanol–water partition coefficient (Wildman–Crippen LogP) is 1.28. The van der Waals surface area contributed by atoms with Crippen LogP contribution in [0, 0.1) is 0 Å². The topological polar surface area (TPSA) is 32.5 Å². The highest BCUT2D eigenvalue weighted by atomic mass is 15.3. The highest BCUT2D eigenvalue weighted by molar-refractivity contribution is 4.88. The minimum atomic E-state index is 0.415. The molecule has 1 heterocycles. The van der Waals surface area contributed by atoms with Gasteiger partial charge in [0.25, 0.3) is 0 Å². The molecule has 3 nitrogen and oxygen atoms in total. The third kappa shape index (κ3) is 2.76. The SMILES string of the molecule is CC1CN(C2CCCCCC2N)CCN1C. The second-order valence-electron chi connectivity index (χ2n) is 5.69. The van der Waals surface area contributed by atoms with E-state index in [1.807, 2.05) is 0 Å². The summed E-state index contributed by atoms with van der Waals surface area (Å²) in [4.78, 5) is 5.11. The standard InChI is InChI=1S/C13H27N3/c1-11-10-16(9-8-15(11)2)13-7-5-3-4-6-12(13)14/h11-13H,3-10,14H2,1-2H3. The molecule has 2 aliphatic rings. The molecule has 0 amide bonds. The summed E-state index contributed by atoms with van der Waals surface area (Å²) in [7, 11) is 2.23. The highest BCUT2D eigenvalue weighted by Crippen LogP contribution is 2.23. The van der Waals surface area contributed by atoms with Gasteiger partial charge in [0.1, 0.15) is 0 Å². The van der Waals surface area contributed by atoms with Crippen molar-refractivity contribution in [2.45, 2.75) is 57.2 Å². The van der Waals surface area contributed by atoms with E-state index in [1.54, 1.807) is 0 Å². The van der Waals surface area contributed by atoms with Crippen LogP contribution in [0.1, 0.15) is 39.0 Å². The zero-order valence-electron chi connectivity index (χ0n) is 10.9. The van der Waals surface area contributed by atoms with E-state index in [0.29, 0.717) is 18.1 Å². The fourth-order valence-corrected chi connectivity index (χ4v) is 3.15. The Bertz CT molecular complexity index is 219. The summed E-state index contributed by atoms with van der Waals surface area (Å²) in [6.45, 7) is 5.94. The van der Waals surface area contributed by atoms with Gasteiger partial charge in [-0.15, -0.1) is 0 Å². The average molecular weight is 225 g/mol. The van der Waals surface area contributed by atoms with Crippen molar-refractivity contribution in [1.29, 1.82) is 0 Å². The number of nitrogens with zero attached hydrogens (tertiary/aromatic N) is 2. The van der Waals surface area contributed by atoms with E-state index in [2.05, 4.69) is 23.8 Å². The molecule has 3 heteroatoms. The summed E-state index contributed by atoms with van der Waals surface area (Å²) >= 11 is 0. The van der Waals surface area contributed by atoms with Crippen molar-refractivity contribution in [3.05, 3.63) is 0 Å². The lowest BCUT2D eigenvalue weighted by molar-refractivity contribution is 0.0595. The van der Waals surface area contributed by atoms with Crippen molar-refractivity contribution in [3.63, 3.8) is 0 Å². The smallest absolute Gasteiger partial charge is 0.0248 e. The molecule has 0 bridgehead atoms. The molecular weight excluding hydrogens is 198 g/mol. The molecule has 2 rings (SSSR count). The zero-order valence-corrected chi connectivity index (χ0v) is 10.9. The lowest BCUT2D eigenvalue weighted by Gasteiger charge is -2.43. The molecule has 1 saturated heterocycles. The minimum Gasteiger partial charge on any atom is -0.326 e. The monoisotopic (exact) mass is 225 g/mol. The third-order valence-corrected chi connectivity index (χ3v) is 4.49. The van der Waals surface area contributed by atoms with Gasteiger partial charge >= 0.3 is 0 Å². The fourth-order valence-electron chi connectivity index (χ4n) is 3.15. The molecular formula is C13H27N3. The number of likely N-dealkylation sites (N-methyl/N-ethyl adjacent to an activating group) is 1. The Labute approximate surface area is 100.0 Å². The van der Waals surface area contributed by atoms with Crippen LogP contribution in [-0.4, -0.2) is 54.6 Å². The Morgan fingerprint density at radius 1 is 1.06 bits per heavy atom. The average Bonchev–Trinajstić information content (AvgIpc) is 2.47. The van der Waals surface area contributed by atoms with Crippen LogP contribution in [0.15, 0.2) is 0 Å². The van der Waals surface area contributed by atoms with Crippen LogP contribution in [0.25, 0.3) is 0 Å². The molecule has 1 saturated carbocycles. The van der Waals surface area contributed by atoms with Gasteiger partial charge in [-0.1, -0.05) is 19.3 Å². The largest absolute Gasteiger partial charge is 0.326 e. The maximum Gasteiger partial charge on any atom is 0.0248 e. The second-order valence-corrected chi connectivity index (χ2v) is 5.69. The number of hydrogen-bond acceptors (Lipinski definition) is 3. The molecule has 1 aliphatic carbocycles. The Balaban J connectivity index is 1.94. The quantitative estimate of drug-likeness (QED) is 0.682. The molecule has 2 fully saturated rings. The van der Waals surface area contributed by atoms with Crippen LogP contribution in [0.4, 0.5) is 0 Å². The first-order valence-corrected chi connectivity index (χ1v) is 6.88. The Kier molecular flexibility index (Phi) is 4.22. The molecule has 0 aromatic rings. The fraction of sp³-hybridized carbons (Fsp3) is 1.00. The molecule has 0 aromatic heterocycles. The van der Waals surface area contributed by atoms with Crippen molar-refractivity contribution in [1.82, 2.24) is 9.80 Å². The summed E-state index contributed by atoms with van der Waals surface area (Å²) < 4.78 is 0. The van der Waals surface area contributed by atoms with Crippen LogP contribution < -0.4 is 5.73 Å². The van der Waals surface area contributed by atoms with Crippen LogP contribution >= 0.6 is 0 Å². The minimum absolute atomic E-state index is 0.415. The third-order valence-electron chi connectivity index (χ3n) is 4.49. The molecule has 0 radical (unpaired) electrons. The van der Waals surface area contributed by atoms with Crippen LogP contribution in [-0.2, 0) is 0 Å². The van der Waals surface area contributed by atoms with Gasteiger partial charge in [0.2, 0.25) is 0 Å². The number of rotatable bonds is 1. The summed E-state index contributed by atoms with van der Waals surface area (Å²) in [5, 5.41) is 0. The van der Waals surface area contributed by atoms with Gasteiger partial charge < -0.3 is 10.6 Å². The summed E-state index contributed by atoms with van der Waals surface area (Å²) in [6.07, 6.45) is 6.64. The second kappa shape index (κ2) is 5.48. The first kappa shape index (κ1) is 12.3. The molecule has 3 unspecified atom stereocenters. The van der Waals surface area contributed by atoms with E-state index < -0.39 is 0 Å². The van der Waals surface area contributed by atoms with E-state index in [9.17, 15) is 0 Å². The van der Waals surface area contributed by atoms with Crippen LogP contribution in [0.3, 0.4) is 0 Å². The lowest BCUT2D eigenvalue weighted by Crippen LogP contribution is -2.57. The highest BCUT2D eigenvalue weighted by Gasteiger charge is 2.30. The van der Waals surface area contributed by atoms with Gasteiger partial charge in [-0.05, 0) is 26.8 Å². The van der Waals surface area contributed by atoms with Crippen molar-refractivity contribution >= 4 is 0 Å². The zero-order chi connectivity index (χ0) is 11.5. The summed E-state index contributed by atoms with van der Waals surface area (Å²) in [5.74, 6) is 0. The summed E-state index contributed by atoms with van der Waals surface area (Å²) in [5.41, 5.74) is 6.33. The molecule has 0 spiro atoms. The van der Waals surface area contributed by atoms with Gasteiger partial charge in [0, 0.05) is 37.8 Å². The van der Waals surface area contributed by atoms with E-state index in [1.165, 1.54) is 51.7 Å². The first-order chi connectivity index (χ1) is 7.68. The first-order valence-electron chi connectivity index (χ1n) is 6.88. The Morgan fingerprint density at radius 2 is 1.81 bits per heavy atom. The van der Waals surface area contributed by atoms with Crippen molar-refractivity contribution in [3.8, 4) is 0 Å². The van der Waals surface area contributed by atoms with Crippen LogP contribution in [0.5, 0.6) is 0 Å². The van der Waals surface area contributed by atoms with Gasteiger partial charge in [-0.3, -0.25) is 4.90 Å². The van der Waals surface area contributed by atoms with Crippen molar-refractivity contribution in [2.24, 2.45) is 5.73 Å². The Morgan fingerprint density at radius 3 is 2.56 bits per heavy atom. The number of hydrogen-bond donors (Lipinski definition) is 1. The van der Waals surface area contributed by atoms with E-state index >= 15 is 0 Å². The van der Waals surface area contributed by atoms with Gasteiger partial charge in [0.15, 0.2) is 0 Å². The molecule has 0 aromatic carbocycles. The summed E-state index contributed by atoms with van der Waals surface area (Å²) in [6, 6.07) is 1.75. The van der Waals surface area contributed by atoms with E-state index in [0.717, 1.165) is 0 Å². The van der Waals surface area contributed by atoms with E-state index in [4.69, 9.17) is 5.73 Å². The number of piperazine rings is 1. The van der Waals surface area contributed by atoms with Gasteiger partial charge in [-0.25, -0.2) is 0 Å². The normalized spacial score (nSPS) is 39.6. The lowest BCUT2D eigenvalue weighted by atomic mass is 10.00. The molecule has 16 heavy (non-hydrogen) atoms. The molecule has 94 valence electrons. The maximum atomic E-state index is 6.33.